The predicted molar refractivity (Wildman–Crippen MR) is 70.7 cm³/mol. The molecule has 0 bridgehead atoms. The lowest BCUT2D eigenvalue weighted by Crippen LogP contribution is -2.22. The first-order chi connectivity index (χ1) is 7.59. The molecule has 3 N–H and O–H groups in total. The van der Waals surface area contributed by atoms with Gasteiger partial charge < -0.3 is 11.1 Å². The van der Waals surface area contributed by atoms with E-state index < -0.39 is 0 Å². The van der Waals surface area contributed by atoms with Gasteiger partial charge in [-0.05, 0) is 48.9 Å². The van der Waals surface area contributed by atoms with Crippen LogP contribution in [0.3, 0.4) is 0 Å². The van der Waals surface area contributed by atoms with Crippen molar-refractivity contribution in [3.8, 4) is 0 Å². The molecule has 1 fully saturated rings. The normalized spacial score (nSPS) is 18.6. The molecule has 0 heterocycles. The second kappa shape index (κ2) is 4.36. The summed E-state index contributed by atoms with van der Waals surface area (Å²) in [6, 6.07) is 6.18. The first kappa shape index (κ1) is 11.3. The molecule has 1 saturated carbocycles. The third kappa shape index (κ3) is 2.49. The zero-order valence-corrected chi connectivity index (χ0v) is 10.3. The Balaban J connectivity index is 1.96. The maximum atomic E-state index is 5.81. The molecule has 0 unspecified atom stereocenters. The van der Waals surface area contributed by atoms with Crippen molar-refractivity contribution in [1.82, 2.24) is 0 Å². The van der Waals surface area contributed by atoms with Gasteiger partial charge in [-0.2, -0.15) is 0 Å². The summed E-state index contributed by atoms with van der Waals surface area (Å²) in [5, 5.41) is 3.54. The van der Waals surface area contributed by atoms with Crippen molar-refractivity contribution >= 4 is 11.4 Å². The van der Waals surface area contributed by atoms with Crippen LogP contribution in [0, 0.1) is 12.3 Å². The molecule has 2 heteroatoms. The van der Waals surface area contributed by atoms with Crippen molar-refractivity contribution in [3.05, 3.63) is 23.8 Å². The van der Waals surface area contributed by atoms with Crippen molar-refractivity contribution in [2.45, 2.75) is 39.5 Å². The lowest BCUT2D eigenvalue weighted by molar-refractivity contribution is 0.362. The molecule has 16 heavy (non-hydrogen) atoms. The molecule has 0 atom stereocenters. The first-order valence-corrected chi connectivity index (χ1v) is 6.19. The van der Waals surface area contributed by atoms with E-state index in [2.05, 4.69) is 31.3 Å². The van der Waals surface area contributed by atoms with Crippen molar-refractivity contribution in [2.75, 3.05) is 17.6 Å². The second-order valence-electron chi connectivity index (χ2n) is 5.44. The van der Waals surface area contributed by atoms with E-state index in [1.54, 1.807) is 0 Å². The molecule has 0 spiro atoms. The standard InChI is InChI=1S/C14H22N2/c1-11-9-12(5-6-13(11)15)16-10-14(2)7-3-4-8-14/h5-6,9,16H,3-4,7-8,10,15H2,1-2H3. The predicted octanol–water partition coefficient (Wildman–Crippen LogP) is 3.57. The van der Waals surface area contributed by atoms with Gasteiger partial charge in [0.05, 0.1) is 0 Å². The number of anilines is 2. The molecule has 0 radical (unpaired) electrons. The SMILES string of the molecule is Cc1cc(NCC2(C)CCCC2)ccc1N. The topological polar surface area (TPSA) is 38.0 Å². The summed E-state index contributed by atoms with van der Waals surface area (Å²) in [4.78, 5) is 0. The van der Waals surface area contributed by atoms with Gasteiger partial charge in [-0.1, -0.05) is 19.8 Å². The maximum absolute atomic E-state index is 5.81. The van der Waals surface area contributed by atoms with Gasteiger partial charge in [0.2, 0.25) is 0 Å². The zero-order valence-electron chi connectivity index (χ0n) is 10.3. The van der Waals surface area contributed by atoms with Gasteiger partial charge in [0.15, 0.2) is 0 Å². The molecule has 2 rings (SSSR count). The largest absolute Gasteiger partial charge is 0.399 e. The third-order valence-corrected chi connectivity index (χ3v) is 3.80. The summed E-state index contributed by atoms with van der Waals surface area (Å²) in [7, 11) is 0. The van der Waals surface area contributed by atoms with E-state index in [0.717, 1.165) is 17.8 Å². The van der Waals surface area contributed by atoms with E-state index >= 15 is 0 Å². The average Bonchev–Trinajstić information content (AvgIpc) is 2.68. The van der Waals surface area contributed by atoms with Crippen LogP contribution in [0.4, 0.5) is 11.4 Å². The molecule has 0 aliphatic heterocycles. The van der Waals surface area contributed by atoms with Gasteiger partial charge in [-0.25, -0.2) is 0 Å². The Morgan fingerprint density at radius 2 is 2.00 bits per heavy atom. The van der Waals surface area contributed by atoms with Crippen LogP contribution in [0.1, 0.15) is 38.2 Å². The Morgan fingerprint density at radius 3 is 2.62 bits per heavy atom. The number of nitrogens with one attached hydrogen (secondary N) is 1. The molecule has 0 aromatic heterocycles. The highest BCUT2D eigenvalue weighted by Gasteiger charge is 2.28. The number of hydrogen-bond donors (Lipinski definition) is 2. The van der Waals surface area contributed by atoms with E-state index in [1.165, 1.54) is 31.4 Å². The van der Waals surface area contributed by atoms with Crippen LogP contribution in [-0.2, 0) is 0 Å². The Bertz CT molecular complexity index is 365. The number of nitrogens with two attached hydrogens (primary N) is 1. The van der Waals surface area contributed by atoms with Crippen molar-refractivity contribution in [3.63, 3.8) is 0 Å². The molecular weight excluding hydrogens is 196 g/mol. The molecule has 0 saturated heterocycles. The number of aryl methyl sites for hydroxylation is 1. The summed E-state index contributed by atoms with van der Waals surface area (Å²) in [6.07, 6.45) is 5.49. The van der Waals surface area contributed by atoms with Crippen LogP contribution in [0.2, 0.25) is 0 Å². The summed E-state index contributed by atoms with van der Waals surface area (Å²) in [5.41, 5.74) is 9.52. The molecule has 2 nitrogen and oxygen atoms in total. The van der Waals surface area contributed by atoms with Crippen LogP contribution >= 0.6 is 0 Å². The van der Waals surface area contributed by atoms with E-state index in [4.69, 9.17) is 5.73 Å². The Labute approximate surface area is 98.2 Å². The minimum atomic E-state index is 0.495. The molecule has 88 valence electrons. The van der Waals surface area contributed by atoms with Crippen molar-refractivity contribution in [2.24, 2.45) is 5.41 Å². The summed E-state index contributed by atoms with van der Waals surface area (Å²) < 4.78 is 0. The quantitative estimate of drug-likeness (QED) is 0.761. The number of benzene rings is 1. The summed E-state index contributed by atoms with van der Waals surface area (Å²) in [6.45, 7) is 5.52. The molecule has 1 aromatic carbocycles. The van der Waals surface area contributed by atoms with Gasteiger partial charge in [0.1, 0.15) is 0 Å². The van der Waals surface area contributed by atoms with Crippen LogP contribution in [0.5, 0.6) is 0 Å². The second-order valence-corrected chi connectivity index (χ2v) is 5.44. The van der Waals surface area contributed by atoms with Gasteiger partial charge in [-0.15, -0.1) is 0 Å². The minimum absolute atomic E-state index is 0.495. The zero-order chi connectivity index (χ0) is 11.6. The van der Waals surface area contributed by atoms with Gasteiger partial charge in [0.25, 0.3) is 0 Å². The van der Waals surface area contributed by atoms with Gasteiger partial charge >= 0.3 is 0 Å². The highest BCUT2D eigenvalue weighted by Crippen LogP contribution is 2.37. The number of rotatable bonds is 3. The summed E-state index contributed by atoms with van der Waals surface area (Å²) >= 11 is 0. The Kier molecular flexibility index (Phi) is 3.08. The highest BCUT2D eigenvalue weighted by molar-refractivity contribution is 5.56. The number of hydrogen-bond acceptors (Lipinski definition) is 2. The van der Waals surface area contributed by atoms with Crippen molar-refractivity contribution < 1.29 is 0 Å². The highest BCUT2D eigenvalue weighted by atomic mass is 14.9. The fourth-order valence-corrected chi connectivity index (χ4v) is 2.51. The molecule has 1 aromatic rings. The molecular formula is C14H22N2. The van der Waals surface area contributed by atoms with Gasteiger partial charge in [-0.3, -0.25) is 0 Å². The lowest BCUT2D eigenvalue weighted by atomic mass is 9.89. The maximum Gasteiger partial charge on any atom is 0.0345 e. The Morgan fingerprint density at radius 1 is 1.31 bits per heavy atom. The summed E-state index contributed by atoms with van der Waals surface area (Å²) in [5.74, 6) is 0. The van der Waals surface area contributed by atoms with E-state index in [9.17, 15) is 0 Å². The molecule has 1 aliphatic rings. The van der Waals surface area contributed by atoms with E-state index in [0.29, 0.717) is 5.41 Å². The molecule has 1 aliphatic carbocycles. The fourth-order valence-electron chi connectivity index (χ4n) is 2.51. The first-order valence-electron chi connectivity index (χ1n) is 6.19. The Hall–Kier alpha value is -1.18. The smallest absolute Gasteiger partial charge is 0.0345 e. The molecule has 0 amide bonds. The fraction of sp³-hybridized carbons (Fsp3) is 0.571. The van der Waals surface area contributed by atoms with E-state index in [-0.39, 0.29) is 0 Å². The van der Waals surface area contributed by atoms with Crippen LogP contribution in [0.25, 0.3) is 0 Å². The monoisotopic (exact) mass is 218 g/mol. The lowest BCUT2D eigenvalue weighted by Gasteiger charge is -2.24. The van der Waals surface area contributed by atoms with Gasteiger partial charge in [0, 0.05) is 17.9 Å². The van der Waals surface area contributed by atoms with Crippen LogP contribution in [-0.4, -0.2) is 6.54 Å². The van der Waals surface area contributed by atoms with Crippen molar-refractivity contribution in [1.29, 1.82) is 0 Å². The van der Waals surface area contributed by atoms with Crippen LogP contribution < -0.4 is 11.1 Å². The third-order valence-electron chi connectivity index (χ3n) is 3.80. The van der Waals surface area contributed by atoms with Crippen LogP contribution in [0.15, 0.2) is 18.2 Å². The number of nitrogen functional groups attached to an aromatic ring is 1. The minimum Gasteiger partial charge on any atom is -0.399 e. The van der Waals surface area contributed by atoms with E-state index in [1.807, 2.05) is 6.07 Å². The average molecular weight is 218 g/mol.